The highest BCUT2D eigenvalue weighted by molar-refractivity contribution is 5.59. The fourth-order valence-electron chi connectivity index (χ4n) is 3.35. The summed E-state index contributed by atoms with van der Waals surface area (Å²) in [6, 6.07) is 4.70. The molecule has 3 rings (SSSR count). The van der Waals surface area contributed by atoms with E-state index in [0.29, 0.717) is 12.1 Å². The first-order valence-corrected chi connectivity index (χ1v) is 6.97. The van der Waals surface area contributed by atoms with Gasteiger partial charge in [0.2, 0.25) is 0 Å². The summed E-state index contributed by atoms with van der Waals surface area (Å²) in [5.41, 5.74) is 2.72. The maximum absolute atomic E-state index is 9.41. The molecule has 0 aromatic carbocycles. The molecule has 1 saturated carbocycles. The molecule has 2 atom stereocenters. The molecule has 0 N–H and O–H groups in total. The standard InChI is InChI=1S/C15H19N3O/c1-10-8-11(2)17-15(12(10)9-16)18-6-7-19-14-5-3-4-13(14)18/h8,13-14H,3-7H2,1-2H3. The number of pyridine rings is 1. The zero-order valence-corrected chi connectivity index (χ0v) is 11.5. The molecule has 1 saturated heterocycles. The van der Waals surface area contributed by atoms with Crippen LogP contribution in [-0.4, -0.2) is 30.3 Å². The normalized spacial score (nSPS) is 26.1. The summed E-state index contributed by atoms with van der Waals surface area (Å²) in [5, 5.41) is 9.41. The monoisotopic (exact) mass is 257 g/mol. The second-order valence-corrected chi connectivity index (χ2v) is 5.49. The van der Waals surface area contributed by atoms with Crippen LogP contribution in [0.15, 0.2) is 6.07 Å². The highest BCUT2D eigenvalue weighted by atomic mass is 16.5. The third-order valence-corrected chi connectivity index (χ3v) is 4.19. The van der Waals surface area contributed by atoms with Gasteiger partial charge in [-0.05, 0) is 44.7 Å². The average molecular weight is 257 g/mol. The van der Waals surface area contributed by atoms with Crippen LogP contribution in [0.3, 0.4) is 0 Å². The van der Waals surface area contributed by atoms with Crippen LogP contribution >= 0.6 is 0 Å². The Balaban J connectivity index is 2.03. The molecule has 1 aromatic heterocycles. The van der Waals surface area contributed by atoms with Gasteiger partial charge < -0.3 is 9.64 Å². The molecule has 0 spiro atoms. The summed E-state index contributed by atoms with van der Waals surface area (Å²) < 4.78 is 5.84. The number of fused-ring (bicyclic) bond motifs is 1. The minimum Gasteiger partial charge on any atom is -0.374 e. The van der Waals surface area contributed by atoms with Crippen molar-refractivity contribution in [1.29, 1.82) is 5.26 Å². The van der Waals surface area contributed by atoms with E-state index in [2.05, 4.69) is 16.0 Å². The molecule has 19 heavy (non-hydrogen) atoms. The smallest absolute Gasteiger partial charge is 0.147 e. The maximum Gasteiger partial charge on any atom is 0.147 e. The van der Waals surface area contributed by atoms with Crippen molar-refractivity contribution in [3.63, 3.8) is 0 Å². The average Bonchev–Trinajstić information content (AvgIpc) is 2.85. The molecule has 0 amide bonds. The third-order valence-electron chi connectivity index (χ3n) is 4.19. The molecule has 0 bridgehead atoms. The third kappa shape index (κ3) is 2.08. The lowest BCUT2D eigenvalue weighted by Crippen LogP contribution is -2.49. The Labute approximate surface area is 114 Å². The molecule has 4 nitrogen and oxygen atoms in total. The van der Waals surface area contributed by atoms with Crippen LogP contribution in [-0.2, 0) is 4.74 Å². The number of nitriles is 1. The van der Waals surface area contributed by atoms with E-state index in [1.165, 1.54) is 6.42 Å². The molecular formula is C15H19N3O. The van der Waals surface area contributed by atoms with Crippen LogP contribution in [0, 0.1) is 25.2 Å². The SMILES string of the molecule is Cc1cc(C)c(C#N)c(N2CCOC3CCCC32)n1. The lowest BCUT2D eigenvalue weighted by atomic mass is 10.1. The predicted octanol–water partition coefficient (Wildman–Crippen LogP) is 2.33. The number of hydrogen-bond acceptors (Lipinski definition) is 4. The van der Waals surface area contributed by atoms with Gasteiger partial charge in [-0.2, -0.15) is 5.26 Å². The van der Waals surface area contributed by atoms with Crippen LogP contribution < -0.4 is 4.90 Å². The van der Waals surface area contributed by atoms with Crippen molar-refractivity contribution in [3.8, 4) is 6.07 Å². The van der Waals surface area contributed by atoms with Gasteiger partial charge in [0.25, 0.3) is 0 Å². The van der Waals surface area contributed by atoms with Gasteiger partial charge in [0.1, 0.15) is 11.9 Å². The lowest BCUT2D eigenvalue weighted by molar-refractivity contribution is 0.0253. The summed E-state index contributed by atoms with van der Waals surface area (Å²) in [5.74, 6) is 0.861. The highest BCUT2D eigenvalue weighted by Gasteiger charge is 2.37. The molecule has 4 heteroatoms. The van der Waals surface area contributed by atoms with Crippen molar-refractivity contribution in [2.45, 2.75) is 45.3 Å². The van der Waals surface area contributed by atoms with E-state index in [4.69, 9.17) is 4.74 Å². The summed E-state index contributed by atoms with van der Waals surface area (Å²) >= 11 is 0. The first kappa shape index (κ1) is 12.4. The largest absolute Gasteiger partial charge is 0.374 e. The summed E-state index contributed by atoms with van der Waals surface area (Å²) in [7, 11) is 0. The van der Waals surface area contributed by atoms with Crippen molar-refractivity contribution in [2.75, 3.05) is 18.1 Å². The number of anilines is 1. The van der Waals surface area contributed by atoms with Gasteiger partial charge in [-0.1, -0.05) is 0 Å². The molecule has 0 radical (unpaired) electrons. The van der Waals surface area contributed by atoms with E-state index in [1.807, 2.05) is 19.9 Å². The number of aryl methyl sites for hydroxylation is 2. The summed E-state index contributed by atoms with van der Waals surface area (Å²) in [6.45, 7) is 5.56. The van der Waals surface area contributed by atoms with Gasteiger partial charge in [-0.15, -0.1) is 0 Å². The molecule has 1 aliphatic heterocycles. The first-order valence-electron chi connectivity index (χ1n) is 6.97. The molecule has 2 fully saturated rings. The van der Waals surface area contributed by atoms with E-state index in [-0.39, 0.29) is 0 Å². The highest BCUT2D eigenvalue weighted by Crippen LogP contribution is 2.34. The molecule has 2 unspecified atom stereocenters. The molecule has 100 valence electrons. The summed E-state index contributed by atoms with van der Waals surface area (Å²) in [6.07, 6.45) is 3.80. The minimum absolute atomic E-state index is 0.322. The molecule has 1 aromatic rings. The van der Waals surface area contributed by atoms with E-state index in [1.54, 1.807) is 0 Å². The van der Waals surface area contributed by atoms with E-state index < -0.39 is 0 Å². The Bertz CT molecular complexity index is 535. The second kappa shape index (κ2) is 4.82. The van der Waals surface area contributed by atoms with Crippen molar-refractivity contribution in [1.82, 2.24) is 4.98 Å². The van der Waals surface area contributed by atoms with Gasteiger partial charge in [-0.25, -0.2) is 4.98 Å². The van der Waals surface area contributed by atoms with Gasteiger partial charge in [-0.3, -0.25) is 0 Å². The van der Waals surface area contributed by atoms with Crippen LogP contribution in [0.5, 0.6) is 0 Å². The van der Waals surface area contributed by atoms with Crippen molar-refractivity contribution in [2.24, 2.45) is 0 Å². The number of rotatable bonds is 1. The second-order valence-electron chi connectivity index (χ2n) is 5.49. The van der Waals surface area contributed by atoms with E-state index in [9.17, 15) is 5.26 Å². The van der Waals surface area contributed by atoms with Crippen molar-refractivity contribution in [3.05, 3.63) is 22.9 Å². The van der Waals surface area contributed by atoms with E-state index >= 15 is 0 Å². The number of nitrogens with zero attached hydrogens (tertiary/aromatic N) is 3. The Hall–Kier alpha value is -1.60. The number of morpholine rings is 1. The summed E-state index contributed by atoms with van der Waals surface area (Å²) in [4.78, 5) is 6.94. The molecular weight excluding hydrogens is 238 g/mol. The number of ether oxygens (including phenoxy) is 1. The Morgan fingerprint density at radius 2 is 2.26 bits per heavy atom. The minimum atomic E-state index is 0.322. The van der Waals surface area contributed by atoms with Gasteiger partial charge in [0, 0.05) is 12.2 Å². The van der Waals surface area contributed by atoms with Gasteiger partial charge >= 0.3 is 0 Å². The van der Waals surface area contributed by atoms with Crippen LogP contribution in [0.4, 0.5) is 5.82 Å². The Morgan fingerprint density at radius 1 is 1.42 bits per heavy atom. The van der Waals surface area contributed by atoms with E-state index in [0.717, 1.165) is 48.6 Å². The zero-order valence-electron chi connectivity index (χ0n) is 11.5. The Kier molecular flexibility index (Phi) is 3.16. The zero-order chi connectivity index (χ0) is 13.4. The Morgan fingerprint density at radius 3 is 3.05 bits per heavy atom. The molecule has 1 aliphatic carbocycles. The topological polar surface area (TPSA) is 49.2 Å². The van der Waals surface area contributed by atoms with Crippen LogP contribution in [0.25, 0.3) is 0 Å². The fourth-order valence-corrected chi connectivity index (χ4v) is 3.35. The predicted molar refractivity (Wildman–Crippen MR) is 73.2 cm³/mol. The molecule has 2 heterocycles. The quantitative estimate of drug-likeness (QED) is 0.774. The number of hydrogen-bond donors (Lipinski definition) is 0. The first-order chi connectivity index (χ1) is 9.20. The van der Waals surface area contributed by atoms with Crippen LogP contribution in [0.2, 0.25) is 0 Å². The molecule has 2 aliphatic rings. The maximum atomic E-state index is 9.41. The number of aromatic nitrogens is 1. The van der Waals surface area contributed by atoms with Gasteiger partial charge in [0.15, 0.2) is 0 Å². The van der Waals surface area contributed by atoms with Crippen molar-refractivity contribution < 1.29 is 4.74 Å². The van der Waals surface area contributed by atoms with Gasteiger partial charge in [0.05, 0.1) is 24.3 Å². The van der Waals surface area contributed by atoms with Crippen LogP contribution in [0.1, 0.15) is 36.1 Å². The fraction of sp³-hybridized carbons (Fsp3) is 0.600. The van der Waals surface area contributed by atoms with Crippen molar-refractivity contribution >= 4 is 5.82 Å². The lowest BCUT2D eigenvalue weighted by Gasteiger charge is -2.39.